The highest BCUT2D eigenvalue weighted by atomic mass is 16.6. The second-order valence-corrected chi connectivity index (χ2v) is 4.55. The van der Waals surface area contributed by atoms with Crippen molar-refractivity contribution in [3.63, 3.8) is 0 Å². The SMILES string of the molecule is CCn1ccnc1N(C)C(=O)OC(C)(C)C. The molecule has 0 aliphatic carbocycles. The number of aromatic nitrogens is 2. The molecule has 0 radical (unpaired) electrons. The van der Waals surface area contributed by atoms with Crippen molar-refractivity contribution in [3.05, 3.63) is 12.4 Å². The first-order valence-electron chi connectivity index (χ1n) is 5.33. The zero-order chi connectivity index (χ0) is 12.3. The Morgan fingerprint density at radius 1 is 1.56 bits per heavy atom. The van der Waals surface area contributed by atoms with Gasteiger partial charge in [0.05, 0.1) is 0 Å². The Morgan fingerprint density at radius 3 is 2.69 bits per heavy atom. The number of anilines is 1. The average molecular weight is 225 g/mol. The van der Waals surface area contributed by atoms with Crippen LogP contribution in [0.2, 0.25) is 0 Å². The molecule has 0 atom stereocenters. The topological polar surface area (TPSA) is 47.4 Å². The van der Waals surface area contributed by atoms with Gasteiger partial charge in [0.1, 0.15) is 5.60 Å². The molecule has 0 saturated carbocycles. The Balaban J connectivity index is 2.78. The smallest absolute Gasteiger partial charge is 0.416 e. The summed E-state index contributed by atoms with van der Waals surface area (Å²) in [6.07, 6.45) is 3.10. The zero-order valence-electron chi connectivity index (χ0n) is 10.5. The van der Waals surface area contributed by atoms with E-state index in [9.17, 15) is 4.79 Å². The van der Waals surface area contributed by atoms with Crippen LogP contribution in [0.15, 0.2) is 12.4 Å². The summed E-state index contributed by atoms with van der Waals surface area (Å²) in [6, 6.07) is 0. The van der Waals surface area contributed by atoms with Gasteiger partial charge >= 0.3 is 6.09 Å². The van der Waals surface area contributed by atoms with Gasteiger partial charge in [-0.1, -0.05) is 0 Å². The van der Waals surface area contributed by atoms with Crippen molar-refractivity contribution >= 4 is 12.0 Å². The molecule has 1 aromatic heterocycles. The van der Waals surface area contributed by atoms with E-state index in [1.807, 2.05) is 38.5 Å². The van der Waals surface area contributed by atoms with Crippen LogP contribution in [0.5, 0.6) is 0 Å². The van der Waals surface area contributed by atoms with Crippen molar-refractivity contribution in [2.75, 3.05) is 11.9 Å². The molecule has 16 heavy (non-hydrogen) atoms. The molecule has 0 aliphatic heterocycles. The van der Waals surface area contributed by atoms with Crippen LogP contribution in [0.3, 0.4) is 0 Å². The van der Waals surface area contributed by atoms with Gasteiger partial charge in [-0.3, -0.25) is 4.90 Å². The molecular formula is C11H19N3O2. The summed E-state index contributed by atoms with van der Waals surface area (Å²) in [6.45, 7) is 8.28. The monoisotopic (exact) mass is 225 g/mol. The molecule has 1 aromatic rings. The van der Waals surface area contributed by atoms with Crippen LogP contribution in [0.25, 0.3) is 0 Å². The lowest BCUT2D eigenvalue weighted by molar-refractivity contribution is 0.0586. The van der Waals surface area contributed by atoms with Crippen molar-refractivity contribution in [2.45, 2.75) is 39.8 Å². The highest BCUT2D eigenvalue weighted by Crippen LogP contribution is 2.14. The maximum absolute atomic E-state index is 11.8. The summed E-state index contributed by atoms with van der Waals surface area (Å²) in [5.74, 6) is 0.594. The second-order valence-electron chi connectivity index (χ2n) is 4.55. The lowest BCUT2D eigenvalue weighted by atomic mass is 10.2. The number of aryl methyl sites for hydroxylation is 1. The predicted molar refractivity (Wildman–Crippen MR) is 62.5 cm³/mol. The highest BCUT2D eigenvalue weighted by Gasteiger charge is 2.22. The number of ether oxygens (including phenoxy) is 1. The molecule has 5 heteroatoms. The highest BCUT2D eigenvalue weighted by molar-refractivity contribution is 5.85. The summed E-state index contributed by atoms with van der Waals surface area (Å²) in [5, 5.41) is 0. The second kappa shape index (κ2) is 4.55. The Kier molecular flexibility index (Phi) is 3.57. The van der Waals surface area contributed by atoms with Gasteiger partial charge in [0.25, 0.3) is 0 Å². The molecule has 0 unspecified atom stereocenters. The molecule has 0 aromatic carbocycles. The van der Waals surface area contributed by atoms with Crippen LogP contribution in [-0.2, 0) is 11.3 Å². The number of carbonyl (C=O) groups is 1. The third kappa shape index (κ3) is 2.98. The van der Waals surface area contributed by atoms with Crippen molar-refractivity contribution in [1.29, 1.82) is 0 Å². The number of carbonyl (C=O) groups excluding carboxylic acids is 1. The van der Waals surface area contributed by atoms with Gasteiger partial charge in [0.15, 0.2) is 0 Å². The van der Waals surface area contributed by atoms with Crippen LogP contribution in [0.1, 0.15) is 27.7 Å². The Morgan fingerprint density at radius 2 is 2.19 bits per heavy atom. The van der Waals surface area contributed by atoms with E-state index in [1.54, 1.807) is 13.2 Å². The largest absolute Gasteiger partial charge is 0.443 e. The first-order valence-corrected chi connectivity index (χ1v) is 5.33. The van der Waals surface area contributed by atoms with E-state index in [-0.39, 0.29) is 0 Å². The average Bonchev–Trinajstić information content (AvgIpc) is 2.61. The summed E-state index contributed by atoms with van der Waals surface area (Å²) < 4.78 is 7.14. The number of nitrogens with zero attached hydrogens (tertiary/aromatic N) is 3. The van der Waals surface area contributed by atoms with Crippen LogP contribution in [0, 0.1) is 0 Å². The fourth-order valence-electron chi connectivity index (χ4n) is 1.26. The van der Waals surface area contributed by atoms with E-state index in [1.165, 1.54) is 4.90 Å². The summed E-state index contributed by atoms with van der Waals surface area (Å²) in [7, 11) is 1.66. The number of rotatable bonds is 2. The molecule has 0 bridgehead atoms. The van der Waals surface area contributed by atoms with E-state index >= 15 is 0 Å². The van der Waals surface area contributed by atoms with Gasteiger partial charge in [-0.2, -0.15) is 0 Å². The van der Waals surface area contributed by atoms with Gasteiger partial charge < -0.3 is 9.30 Å². The zero-order valence-corrected chi connectivity index (χ0v) is 10.5. The maximum atomic E-state index is 11.8. The minimum absolute atomic E-state index is 0.395. The summed E-state index contributed by atoms with van der Waals surface area (Å²) in [5.41, 5.74) is -0.491. The molecule has 0 spiro atoms. The molecular weight excluding hydrogens is 206 g/mol. The standard InChI is InChI=1S/C11H19N3O2/c1-6-14-8-7-12-9(14)13(5)10(15)16-11(2,3)4/h7-8H,6H2,1-5H3. The Bertz CT molecular complexity index is 366. The number of hydrogen-bond donors (Lipinski definition) is 0. The quantitative estimate of drug-likeness (QED) is 0.775. The molecule has 90 valence electrons. The summed E-state index contributed by atoms with van der Waals surface area (Å²) >= 11 is 0. The third-order valence-corrected chi connectivity index (χ3v) is 2.00. The molecule has 0 N–H and O–H groups in total. The van der Waals surface area contributed by atoms with Gasteiger partial charge in [0, 0.05) is 26.0 Å². The van der Waals surface area contributed by atoms with Crippen LogP contribution in [0.4, 0.5) is 10.7 Å². The minimum atomic E-state index is -0.491. The van der Waals surface area contributed by atoms with Gasteiger partial charge in [-0.05, 0) is 27.7 Å². The molecule has 1 heterocycles. The molecule has 0 saturated heterocycles. The lowest BCUT2D eigenvalue weighted by Gasteiger charge is -2.24. The molecule has 1 amide bonds. The summed E-state index contributed by atoms with van der Waals surface area (Å²) in [4.78, 5) is 17.3. The Hall–Kier alpha value is -1.52. The third-order valence-electron chi connectivity index (χ3n) is 2.00. The first kappa shape index (κ1) is 12.5. The fraction of sp³-hybridized carbons (Fsp3) is 0.636. The number of amides is 1. The lowest BCUT2D eigenvalue weighted by Crippen LogP contribution is -2.35. The predicted octanol–water partition coefficient (Wildman–Crippen LogP) is 2.27. The molecule has 0 fully saturated rings. The van der Waals surface area contributed by atoms with E-state index < -0.39 is 11.7 Å². The number of hydrogen-bond acceptors (Lipinski definition) is 3. The molecule has 1 rings (SSSR count). The Labute approximate surface area is 96.0 Å². The van der Waals surface area contributed by atoms with Crippen LogP contribution < -0.4 is 4.90 Å². The normalized spacial score (nSPS) is 11.3. The van der Waals surface area contributed by atoms with Gasteiger partial charge in [-0.25, -0.2) is 9.78 Å². The van der Waals surface area contributed by atoms with E-state index in [0.29, 0.717) is 5.95 Å². The van der Waals surface area contributed by atoms with E-state index in [0.717, 1.165) is 6.54 Å². The van der Waals surface area contributed by atoms with Crippen LogP contribution >= 0.6 is 0 Å². The number of imidazole rings is 1. The van der Waals surface area contributed by atoms with Crippen molar-refractivity contribution in [2.24, 2.45) is 0 Å². The van der Waals surface area contributed by atoms with Gasteiger partial charge in [0.2, 0.25) is 5.95 Å². The van der Waals surface area contributed by atoms with Crippen molar-refractivity contribution < 1.29 is 9.53 Å². The van der Waals surface area contributed by atoms with E-state index in [4.69, 9.17) is 4.74 Å². The van der Waals surface area contributed by atoms with Crippen molar-refractivity contribution in [1.82, 2.24) is 9.55 Å². The fourth-order valence-corrected chi connectivity index (χ4v) is 1.26. The van der Waals surface area contributed by atoms with Crippen molar-refractivity contribution in [3.8, 4) is 0 Å². The minimum Gasteiger partial charge on any atom is -0.443 e. The van der Waals surface area contributed by atoms with E-state index in [2.05, 4.69) is 4.98 Å². The molecule has 5 nitrogen and oxygen atoms in total. The molecule has 0 aliphatic rings. The van der Waals surface area contributed by atoms with Gasteiger partial charge in [-0.15, -0.1) is 0 Å². The first-order chi connectivity index (χ1) is 7.35. The maximum Gasteiger partial charge on any atom is 0.416 e. The van der Waals surface area contributed by atoms with Crippen LogP contribution in [-0.4, -0.2) is 28.3 Å².